The highest BCUT2D eigenvalue weighted by molar-refractivity contribution is 7.10. The molecule has 0 fully saturated rings. The van der Waals surface area contributed by atoms with Crippen LogP contribution in [0.3, 0.4) is 0 Å². The van der Waals surface area contributed by atoms with Gasteiger partial charge in [0, 0.05) is 9.75 Å². The van der Waals surface area contributed by atoms with Crippen molar-refractivity contribution in [1.82, 2.24) is 0 Å². The van der Waals surface area contributed by atoms with Crippen molar-refractivity contribution in [1.29, 1.82) is 0 Å². The third kappa shape index (κ3) is 3.87. The summed E-state index contributed by atoms with van der Waals surface area (Å²) in [5, 5.41) is 8.82. The number of benzene rings is 4. The van der Waals surface area contributed by atoms with E-state index in [4.69, 9.17) is 0 Å². The Kier molecular flexibility index (Phi) is 5.58. The monoisotopic (exact) mass is 474 g/mol. The standard InChI is InChI=1S/C31H22OS2/c32-31(29(27-11-5-17-33-27)25-15-13-21-7-1-3-9-23(21)19-25)30(28-12-6-18-34-28)26-16-14-22-8-2-4-10-24(22)20-26/h1-20,29-30H. The topological polar surface area (TPSA) is 17.1 Å². The van der Waals surface area contributed by atoms with Gasteiger partial charge in [0.25, 0.3) is 0 Å². The fraction of sp³-hybridized carbons (Fsp3) is 0.0645. The van der Waals surface area contributed by atoms with Crippen LogP contribution < -0.4 is 0 Å². The van der Waals surface area contributed by atoms with Crippen molar-refractivity contribution in [2.24, 2.45) is 0 Å². The van der Waals surface area contributed by atoms with E-state index < -0.39 is 0 Å². The van der Waals surface area contributed by atoms with Crippen LogP contribution in [0.25, 0.3) is 21.5 Å². The number of hydrogen-bond donors (Lipinski definition) is 0. The molecule has 0 amide bonds. The van der Waals surface area contributed by atoms with E-state index >= 15 is 0 Å². The van der Waals surface area contributed by atoms with Crippen molar-refractivity contribution >= 4 is 50.0 Å². The first-order valence-corrected chi connectivity index (χ1v) is 13.1. The molecule has 1 nitrogen and oxygen atoms in total. The summed E-state index contributed by atoms with van der Waals surface area (Å²) < 4.78 is 0. The highest BCUT2D eigenvalue weighted by atomic mass is 32.1. The van der Waals surface area contributed by atoms with Gasteiger partial charge in [-0.3, -0.25) is 4.79 Å². The first-order valence-electron chi connectivity index (χ1n) is 11.4. The summed E-state index contributed by atoms with van der Waals surface area (Å²) in [5.74, 6) is -0.415. The Morgan fingerprint density at radius 2 is 0.941 bits per heavy atom. The van der Waals surface area contributed by atoms with E-state index in [1.165, 1.54) is 10.8 Å². The zero-order valence-corrected chi connectivity index (χ0v) is 20.1. The fourth-order valence-electron chi connectivity index (χ4n) is 4.79. The summed E-state index contributed by atoms with van der Waals surface area (Å²) in [6.45, 7) is 0. The summed E-state index contributed by atoms with van der Waals surface area (Å²) in [6, 6.07) is 37.8. The van der Waals surface area contributed by atoms with Crippen molar-refractivity contribution in [3.05, 3.63) is 141 Å². The molecule has 6 aromatic rings. The van der Waals surface area contributed by atoms with Gasteiger partial charge in [-0.25, -0.2) is 0 Å². The van der Waals surface area contributed by atoms with Gasteiger partial charge in [0.05, 0.1) is 11.8 Å². The van der Waals surface area contributed by atoms with Crippen LogP contribution >= 0.6 is 22.7 Å². The summed E-state index contributed by atoms with van der Waals surface area (Å²) in [7, 11) is 0. The van der Waals surface area contributed by atoms with Gasteiger partial charge in [0.15, 0.2) is 5.78 Å². The number of carbonyl (C=O) groups excluding carboxylic acids is 1. The lowest BCUT2D eigenvalue weighted by Crippen LogP contribution is -2.21. The Bertz CT molecular complexity index is 1460. The predicted molar refractivity (Wildman–Crippen MR) is 145 cm³/mol. The molecule has 6 rings (SSSR count). The summed E-state index contributed by atoms with van der Waals surface area (Å²) in [5.41, 5.74) is 2.10. The van der Waals surface area contributed by atoms with Gasteiger partial charge in [-0.15, -0.1) is 22.7 Å². The van der Waals surface area contributed by atoms with Crippen LogP contribution in [-0.4, -0.2) is 5.78 Å². The predicted octanol–water partition coefficient (Wildman–Crippen LogP) is 8.65. The van der Waals surface area contributed by atoms with E-state index in [0.717, 1.165) is 31.7 Å². The Morgan fingerprint density at radius 3 is 1.35 bits per heavy atom. The minimum Gasteiger partial charge on any atom is -0.298 e. The van der Waals surface area contributed by atoms with Gasteiger partial charge in [-0.2, -0.15) is 0 Å². The van der Waals surface area contributed by atoms with Crippen molar-refractivity contribution in [2.75, 3.05) is 0 Å². The van der Waals surface area contributed by atoms with Crippen LogP contribution in [0.5, 0.6) is 0 Å². The zero-order valence-electron chi connectivity index (χ0n) is 18.4. The Balaban J connectivity index is 1.51. The molecule has 2 aromatic heterocycles. The van der Waals surface area contributed by atoms with Crippen LogP contribution in [0.4, 0.5) is 0 Å². The maximum absolute atomic E-state index is 14.5. The summed E-state index contributed by atoms with van der Waals surface area (Å²) in [6.07, 6.45) is 0. The molecule has 0 aliphatic heterocycles. The minimum absolute atomic E-state index is 0.218. The van der Waals surface area contributed by atoms with Gasteiger partial charge in [0.2, 0.25) is 0 Å². The van der Waals surface area contributed by atoms with Gasteiger partial charge < -0.3 is 0 Å². The minimum atomic E-state index is -0.317. The Hall–Kier alpha value is -3.53. The second-order valence-corrected chi connectivity index (χ2v) is 10.5. The van der Waals surface area contributed by atoms with E-state index in [-0.39, 0.29) is 17.6 Å². The summed E-state index contributed by atoms with van der Waals surface area (Å²) in [4.78, 5) is 16.7. The molecule has 4 aromatic carbocycles. The van der Waals surface area contributed by atoms with E-state index in [1.807, 2.05) is 12.1 Å². The highest BCUT2D eigenvalue weighted by Crippen LogP contribution is 2.40. The molecule has 0 saturated heterocycles. The first kappa shape index (κ1) is 21.0. The van der Waals surface area contributed by atoms with Gasteiger partial charge in [-0.1, -0.05) is 97.1 Å². The molecule has 0 N–H and O–H groups in total. The lowest BCUT2D eigenvalue weighted by molar-refractivity contribution is -0.120. The van der Waals surface area contributed by atoms with Crippen molar-refractivity contribution < 1.29 is 4.79 Å². The van der Waals surface area contributed by atoms with E-state index in [0.29, 0.717) is 0 Å². The lowest BCUT2D eigenvalue weighted by atomic mass is 9.81. The molecule has 2 unspecified atom stereocenters. The number of ketones is 1. The highest BCUT2D eigenvalue weighted by Gasteiger charge is 2.33. The van der Waals surface area contributed by atoms with Crippen LogP contribution in [-0.2, 0) is 4.79 Å². The van der Waals surface area contributed by atoms with E-state index in [2.05, 4.69) is 108 Å². The average Bonchev–Trinajstić information content (AvgIpc) is 3.60. The lowest BCUT2D eigenvalue weighted by Gasteiger charge is -2.23. The number of Topliss-reactive ketones (excluding diaryl/α,β-unsaturated/α-hetero) is 1. The Labute approximate surface area is 207 Å². The molecule has 0 radical (unpaired) electrons. The maximum Gasteiger partial charge on any atom is 0.158 e. The van der Waals surface area contributed by atoms with Gasteiger partial charge >= 0.3 is 0 Å². The fourth-order valence-corrected chi connectivity index (χ4v) is 6.51. The number of hydrogen-bond acceptors (Lipinski definition) is 3. The van der Waals surface area contributed by atoms with Crippen LogP contribution in [0.15, 0.2) is 120 Å². The second kappa shape index (κ2) is 9.02. The molecule has 0 aliphatic rings. The second-order valence-electron chi connectivity index (χ2n) is 8.51. The number of rotatable bonds is 6. The maximum atomic E-state index is 14.5. The van der Waals surface area contributed by atoms with Crippen molar-refractivity contribution in [3.8, 4) is 0 Å². The molecule has 2 atom stereocenters. The smallest absolute Gasteiger partial charge is 0.158 e. The third-order valence-electron chi connectivity index (χ3n) is 6.44. The molecule has 34 heavy (non-hydrogen) atoms. The molecular weight excluding hydrogens is 452 g/mol. The normalized spacial score (nSPS) is 13.2. The van der Waals surface area contributed by atoms with Crippen LogP contribution in [0.1, 0.15) is 32.7 Å². The SMILES string of the molecule is O=C(C(c1ccc2ccccc2c1)c1cccs1)C(c1ccc2ccccc2c1)c1cccs1. The van der Waals surface area contributed by atoms with Crippen LogP contribution in [0.2, 0.25) is 0 Å². The first-order chi connectivity index (χ1) is 16.8. The Morgan fingerprint density at radius 1 is 0.500 bits per heavy atom. The number of fused-ring (bicyclic) bond motifs is 2. The molecule has 0 saturated carbocycles. The zero-order chi connectivity index (χ0) is 22.9. The average molecular weight is 475 g/mol. The molecule has 0 bridgehead atoms. The van der Waals surface area contributed by atoms with Crippen molar-refractivity contribution in [2.45, 2.75) is 11.8 Å². The molecule has 0 spiro atoms. The van der Waals surface area contributed by atoms with Gasteiger partial charge in [-0.05, 0) is 55.6 Å². The van der Waals surface area contributed by atoms with Crippen molar-refractivity contribution in [3.63, 3.8) is 0 Å². The van der Waals surface area contributed by atoms with Crippen LogP contribution in [0, 0.1) is 0 Å². The van der Waals surface area contributed by atoms with E-state index in [9.17, 15) is 4.79 Å². The summed E-state index contributed by atoms with van der Waals surface area (Å²) >= 11 is 3.31. The molecule has 3 heteroatoms. The molecule has 2 heterocycles. The molecule has 0 aliphatic carbocycles. The number of thiophene rings is 2. The van der Waals surface area contributed by atoms with E-state index in [1.54, 1.807) is 22.7 Å². The quantitative estimate of drug-likeness (QED) is 0.236. The van der Waals surface area contributed by atoms with Gasteiger partial charge in [0.1, 0.15) is 0 Å². The third-order valence-corrected chi connectivity index (χ3v) is 8.31. The molecular formula is C31H22OS2. The molecule has 164 valence electrons. The largest absolute Gasteiger partial charge is 0.298 e. The number of carbonyl (C=O) groups is 1.